The molecule has 0 saturated carbocycles. The number of nitrogens with two attached hydrogens (primary N) is 1. The molecule has 1 aromatic heterocycles. The minimum atomic E-state index is -0.197. The second kappa shape index (κ2) is 9.22. The maximum Gasteiger partial charge on any atom is 0.274 e. The van der Waals surface area contributed by atoms with E-state index in [-0.39, 0.29) is 17.4 Å². The third kappa shape index (κ3) is 5.50. The normalized spacial score (nSPS) is 10.5. The van der Waals surface area contributed by atoms with Crippen LogP contribution in [0.2, 0.25) is 0 Å². The highest BCUT2D eigenvalue weighted by Gasteiger charge is 2.17. The summed E-state index contributed by atoms with van der Waals surface area (Å²) in [6.45, 7) is 7.02. The van der Waals surface area contributed by atoms with Crippen molar-refractivity contribution in [1.29, 1.82) is 0 Å². The van der Waals surface area contributed by atoms with E-state index in [1.54, 1.807) is 4.90 Å². The molecule has 1 amide bonds. The van der Waals surface area contributed by atoms with Gasteiger partial charge in [0.2, 0.25) is 0 Å². The van der Waals surface area contributed by atoms with Crippen molar-refractivity contribution in [2.24, 2.45) is 0 Å². The zero-order valence-electron chi connectivity index (χ0n) is 12.0. The first-order valence-corrected chi connectivity index (χ1v) is 6.71. The Bertz CT molecular complexity index is 387. The van der Waals surface area contributed by atoms with Gasteiger partial charge in [0.25, 0.3) is 5.91 Å². The van der Waals surface area contributed by atoms with Crippen molar-refractivity contribution in [2.45, 2.75) is 13.8 Å². The Labute approximate surface area is 119 Å². The van der Waals surface area contributed by atoms with Crippen LogP contribution in [0.5, 0.6) is 0 Å². The molecule has 1 rings (SSSR count). The Kier molecular flexibility index (Phi) is 7.52. The van der Waals surface area contributed by atoms with E-state index in [0.29, 0.717) is 39.5 Å². The molecule has 0 atom stereocenters. The Morgan fingerprint density at radius 2 is 1.75 bits per heavy atom. The highest BCUT2D eigenvalue weighted by molar-refractivity contribution is 5.92. The molecule has 0 spiro atoms. The Balaban J connectivity index is 2.63. The van der Waals surface area contributed by atoms with E-state index >= 15 is 0 Å². The van der Waals surface area contributed by atoms with Gasteiger partial charge in [0.15, 0.2) is 0 Å². The fourth-order valence-corrected chi connectivity index (χ4v) is 1.56. The van der Waals surface area contributed by atoms with Gasteiger partial charge in [-0.15, -0.1) is 0 Å². The van der Waals surface area contributed by atoms with Crippen LogP contribution < -0.4 is 5.73 Å². The molecule has 0 aromatic carbocycles. The van der Waals surface area contributed by atoms with E-state index in [1.165, 1.54) is 12.4 Å². The van der Waals surface area contributed by atoms with E-state index < -0.39 is 0 Å². The monoisotopic (exact) mass is 282 g/mol. The molecular weight excluding hydrogens is 260 g/mol. The number of hydrogen-bond acceptors (Lipinski definition) is 6. The molecule has 20 heavy (non-hydrogen) atoms. The standard InChI is InChI=1S/C13H22N4O3/c1-3-19-7-5-17(6-8-20-4-2)13(18)11-9-16-12(14)10-15-11/h9-10H,3-8H2,1-2H3,(H2,14,16). The number of carbonyl (C=O) groups is 1. The summed E-state index contributed by atoms with van der Waals surface area (Å²) in [5.74, 6) is 0.0913. The molecule has 0 fully saturated rings. The quantitative estimate of drug-likeness (QED) is 0.666. The SMILES string of the molecule is CCOCCN(CCOCC)C(=O)c1cnc(N)cn1. The second-order valence-electron chi connectivity index (χ2n) is 4.01. The summed E-state index contributed by atoms with van der Waals surface area (Å²) in [6.07, 6.45) is 2.75. The number of amides is 1. The van der Waals surface area contributed by atoms with Gasteiger partial charge >= 0.3 is 0 Å². The zero-order valence-corrected chi connectivity index (χ0v) is 12.0. The third-order valence-electron chi connectivity index (χ3n) is 2.60. The third-order valence-corrected chi connectivity index (χ3v) is 2.60. The molecule has 0 unspecified atom stereocenters. The van der Waals surface area contributed by atoms with Gasteiger partial charge in [-0.05, 0) is 13.8 Å². The Morgan fingerprint density at radius 3 is 2.20 bits per heavy atom. The summed E-state index contributed by atoms with van der Waals surface area (Å²) in [4.78, 5) is 21.8. The van der Waals surface area contributed by atoms with Gasteiger partial charge in [-0.25, -0.2) is 9.97 Å². The highest BCUT2D eigenvalue weighted by Crippen LogP contribution is 2.02. The minimum Gasteiger partial charge on any atom is -0.382 e. The summed E-state index contributed by atoms with van der Waals surface area (Å²) in [5, 5.41) is 0. The van der Waals surface area contributed by atoms with Crippen molar-refractivity contribution in [2.75, 3.05) is 45.3 Å². The molecular formula is C13H22N4O3. The lowest BCUT2D eigenvalue weighted by molar-refractivity contribution is 0.0545. The first kappa shape index (κ1) is 16.3. The van der Waals surface area contributed by atoms with Crippen molar-refractivity contribution in [3.8, 4) is 0 Å². The number of rotatable bonds is 9. The number of carbonyl (C=O) groups excluding carboxylic acids is 1. The van der Waals surface area contributed by atoms with Gasteiger partial charge in [-0.2, -0.15) is 0 Å². The van der Waals surface area contributed by atoms with Crippen LogP contribution in [0.1, 0.15) is 24.3 Å². The minimum absolute atomic E-state index is 0.197. The highest BCUT2D eigenvalue weighted by atomic mass is 16.5. The Morgan fingerprint density at radius 1 is 1.15 bits per heavy atom. The summed E-state index contributed by atoms with van der Waals surface area (Å²) >= 11 is 0. The van der Waals surface area contributed by atoms with Crippen LogP contribution >= 0.6 is 0 Å². The fraction of sp³-hybridized carbons (Fsp3) is 0.615. The lowest BCUT2D eigenvalue weighted by Crippen LogP contribution is -2.37. The van der Waals surface area contributed by atoms with Crippen molar-refractivity contribution < 1.29 is 14.3 Å². The molecule has 0 aliphatic rings. The molecule has 0 radical (unpaired) electrons. The van der Waals surface area contributed by atoms with Crippen LogP contribution in [0.3, 0.4) is 0 Å². The molecule has 0 saturated heterocycles. The summed E-state index contributed by atoms with van der Waals surface area (Å²) in [7, 11) is 0. The maximum atomic E-state index is 12.3. The number of nitrogen functional groups attached to an aromatic ring is 1. The van der Waals surface area contributed by atoms with Gasteiger partial charge in [0, 0.05) is 26.3 Å². The number of nitrogens with zero attached hydrogens (tertiary/aromatic N) is 3. The van der Waals surface area contributed by atoms with Gasteiger partial charge in [0.05, 0.1) is 25.6 Å². The zero-order chi connectivity index (χ0) is 14.8. The van der Waals surface area contributed by atoms with Gasteiger partial charge in [-0.1, -0.05) is 0 Å². The Hall–Kier alpha value is -1.73. The molecule has 7 nitrogen and oxygen atoms in total. The summed E-state index contributed by atoms with van der Waals surface area (Å²) in [5.41, 5.74) is 5.73. The number of hydrogen-bond donors (Lipinski definition) is 1. The van der Waals surface area contributed by atoms with Crippen molar-refractivity contribution in [1.82, 2.24) is 14.9 Å². The fourth-order valence-electron chi connectivity index (χ4n) is 1.56. The second-order valence-corrected chi connectivity index (χ2v) is 4.01. The van der Waals surface area contributed by atoms with Gasteiger partial charge in [0.1, 0.15) is 11.5 Å². The predicted molar refractivity (Wildman–Crippen MR) is 75.3 cm³/mol. The van der Waals surface area contributed by atoms with E-state index in [2.05, 4.69) is 9.97 Å². The number of ether oxygens (including phenoxy) is 2. The predicted octanol–water partition coefficient (Wildman–Crippen LogP) is 0.574. The van der Waals surface area contributed by atoms with Crippen molar-refractivity contribution in [3.05, 3.63) is 18.1 Å². The van der Waals surface area contributed by atoms with Crippen LogP contribution in [0.4, 0.5) is 5.82 Å². The molecule has 112 valence electrons. The van der Waals surface area contributed by atoms with Crippen LogP contribution in [-0.2, 0) is 9.47 Å². The molecule has 0 aliphatic carbocycles. The van der Waals surface area contributed by atoms with Gasteiger partial charge in [-0.3, -0.25) is 4.79 Å². The first-order valence-electron chi connectivity index (χ1n) is 6.71. The number of aromatic nitrogens is 2. The molecule has 0 bridgehead atoms. The lowest BCUT2D eigenvalue weighted by Gasteiger charge is -2.22. The molecule has 7 heteroatoms. The van der Waals surface area contributed by atoms with Crippen molar-refractivity contribution in [3.63, 3.8) is 0 Å². The van der Waals surface area contributed by atoms with Crippen LogP contribution in [0.15, 0.2) is 12.4 Å². The molecule has 2 N–H and O–H groups in total. The number of anilines is 1. The lowest BCUT2D eigenvalue weighted by atomic mass is 10.3. The molecule has 0 aliphatic heterocycles. The van der Waals surface area contributed by atoms with E-state index in [4.69, 9.17) is 15.2 Å². The molecule has 1 aromatic rings. The summed E-state index contributed by atoms with van der Waals surface area (Å²) < 4.78 is 10.6. The average Bonchev–Trinajstić information content (AvgIpc) is 2.46. The van der Waals surface area contributed by atoms with E-state index in [0.717, 1.165) is 0 Å². The van der Waals surface area contributed by atoms with Gasteiger partial charge < -0.3 is 20.1 Å². The van der Waals surface area contributed by atoms with E-state index in [9.17, 15) is 4.79 Å². The van der Waals surface area contributed by atoms with Crippen molar-refractivity contribution >= 4 is 11.7 Å². The summed E-state index contributed by atoms with van der Waals surface area (Å²) in [6, 6.07) is 0. The smallest absolute Gasteiger partial charge is 0.274 e. The maximum absolute atomic E-state index is 12.3. The van der Waals surface area contributed by atoms with Crippen LogP contribution in [-0.4, -0.2) is 60.3 Å². The van der Waals surface area contributed by atoms with Crippen LogP contribution in [0, 0.1) is 0 Å². The molecule has 1 heterocycles. The van der Waals surface area contributed by atoms with Crippen LogP contribution in [0.25, 0.3) is 0 Å². The topological polar surface area (TPSA) is 90.6 Å². The largest absolute Gasteiger partial charge is 0.382 e. The van der Waals surface area contributed by atoms with E-state index in [1.807, 2.05) is 13.8 Å². The first-order chi connectivity index (χ1) is 9.69. The average molecular weight is 282 g/mol.